The van der Waals surface area contributed by atoms with E-state index in [1.165, 1.54) is 18.3 Å². The molecule has 4 N–H and O–H groups in total. The minimum atomic E-state index is -4.90. The fourth-order valence-electron chi connectivity index (χ4n) is 4.95. The molecule has 1 saturated carbocycles. The van der Waals surface area contributed by atoms with Gasteiger partial charge in [0.1, 0.15) is 11.6 Å². The van der Waals surface area contributed by atoms with Crippen molar-refractivity contribution in [3.8, 4) is 11.4 Å². The molecule has 1 aromatic heterocycles. The summed E-state index contributed by atoms with van der Waals surface area (Å²) < 4.78 is 45.4. The van der Waals surface area contributed by atoms with E-state index in [-0.39, 0.29) is 41.9 Å². The Morgan fingerprint density at radius 3 is 2.55 bits per heavy atom. The highest BCUT2D eigenvalue weighted by atomic mass is 19.4. The summed E-state index contributed by atoms with van der Waals surface area (Å²) in [4.78, 5) is 32.8. The third-order valence-corrected chi connectivity index (χ3v) is 7.03. The van der Waals surface area contributed by atoms with Crippen LogP contribution in [0.5, 0.6) is 5.75 Å². The van der Waals surface area contributed by atoms with Crippen molar-refractivity contribution in [3.05, 3.63) is 46.5 Å². The summed E-state index contributed by atoms with van der Waals surface area (Å²) in [6.07, 6.45) is 0.00554. The van der Waals surface area contributed by atoms with Crippen LogP contribution in [-0.2, 0) is 6.54 Å². The number of nitrogens with zero attached hydrogens (tertiary/aromatic N) is 4. The van der Waals surface area contributed by atoms with Crippen LogP contribution < -0.4 is 26.8 Å². The first kappa shape index (κ1) is 27.9. The summed E-state index contributed by atoms with van der Waals surface area (Å²) in [7, 11) is 0. The number of hydrogen-bond acceptors (Lipinski definition) is 7. The zero-order valence-corrected chi connectivity index (χ0v) is 21.3. The van der Waals surface area contributed by atoms with Gasteiger partial charge in [-0.15, -0.1) is 13.2 Å². The first-order valence-electron chi connectivity index (χ1n) is 12.9. The first-order chi connectivity index (χ1) is 18.1. The second-order valence-electron chi connectivity index (χ2n) is 9.60. The Bertz CT molecular complexity index is 1160. The predicted molar refractivity (Wildman–Crippen MR) is 136 cm³/mol. The molecule has 1 aliphatic heterocycles. The molecule has 0 atom stereocenters. The van der Waals surface area contributed by atoms with Crippen LogP contribution in [0.2, 0.25) is 0 Å². The number of aromatic nitrogens is 2. The molecule has 2 amide bonds. The van der Waals surface area contributed by atoms with Gasteiger partial charge in [-0.05, 0) is 44.4 Å². The lowest BCUT2D eigenvalue weighted by Crippen LogP contribution is -2.48. The number of anilines is 1. The maximum Gasteiger partial charge on any atom is 0.573 e. The van der Waals surface area contributed by atoms with Crippen molar-refractivity contribution >= 4 is 11.8 Å². The van der Waals surface area contributed by atoms with Crippen LogP contribution in [0.3, 0.4) is 0 Å². The highest BCUT2D eigenvalue weighted by molar-refractivity contribution is 5.88. The van der Waals surface area contributed by atoms with E-state index in [0.717, 1.165) is 30.3 Å². The molecular weight excluding hydrogens is 503 g/mol. The average Bonchev–Trinajstić information content (AvgIpc) is 2.88. The summed E-state index contributed by atoms with van der Waals surface area (Å²) in [6.45, 7) is 5.31. The van der Waals surface area contributed by atoms with Crippen molar-refractivity contribution in [2.75, 3.05) is 38.0 Å². The van der Waals surface area contributed by atoms with Gasteiger partial charge in [-0.25, -0.2) is 9.59 Å². The second kappa shape index (κ2) is 12.1. The monoisotopic (exact) mass is 537 g/mol. The summed E-state index contributed by atoms with van der Waals surface area (Å²) in [5.74, 6) is -0.312. The van der Waals surface area contributed by atoms with Crippen LogP contribution >= 0.6 is 0 Å². The molecule has 2 aromatic rings. The fraction of sp³-hybridized carbons (Fsp3) is 0.560. The normalized spacial score (nSPS) is 20.4. The van der Waals surface area contributed by atoms with Crippen molar-refractivity contribution in [1.82, 2.24) is 24.7 Å². The van der Waals surface area contributed by atoms with Crippen LogP contribution in [0, 0.1) is 0 Å². The molecule has 208 valence electrons. The first-order valence-corrected chi connectivity index (χ1v) is 12.9. The van der Waals surface area contributed by atoms with Crippen molar-refractivity contribution in [2.24, 2.45) is 5.73 Å². The van der Waals surface area contributed by atoms with E-state index in [4.69, 9.17) is 5.73 Å². The van der Waals surface area contributed by atoms with E-state index in [1.807, 2.05) is 6.92 Å². The molecule has 13 heteroatoms. The Morgan fingerprint density at radius 1 is 1.21 bits per heavy atom. The van der Waals surface area contributed by atoms with Gasteiger partial charge in [-0.1, -0.05) is 13.0 Å². The van der Waals surface area contributed by atoms with Gasteiger partial charge in [0, 0.05) is 62.6 Å². The van der Waals surface area contributed by atoms with E-state index in [9.17, 15) is 22.8 Å². The average molecular weight is 538 g/mol. The predicted octanol–water partition coefficient (Wildman–Crippen LogP) is 2.66. The third-order valence-electron chi connectivity index (χ3n) is 7.03. The van der Waals surface area contributed by atoms with Gasteiger partial charge in [0.05, 0.1) is 5.69 Å². The lowest BCUT2D eigenvalue weighted by Gasteiger charge is -2.35. The van der Waals surface area contributed by atoms with E-state index in [0.29, 0.717) is 38.3 Å². The van der Waals surface area contributed by atoms with Gasteiger partial charge >= 0.3 is 18.1 Å². The zero-order chi connectivity index (χ0) is 27.3. The molecule has 0 spiro atoms. The van der Waals surface area contributed by atoms with Crippen LogP contribution in [0.25, 0.3) is 5.69 Å². The van der Waals surface area contributed by atoms with Crippen LogP contribution in [-0.4, -0.2) is 76.6 Å². The highest BCUT2D eigenvalue weighted by Gasteiger charge is 2.33. The van der Waals surface area contributed by atoms with E-state index in [1.54, 1.807) is 17.0 Å². The van der Waals surface area contributed by atoms with Gasteiger partial charge < -0.3 is 20.7 Å². The molecule has 1 aliphatic carbocycles. The quantitative estimate of drug-likeness (QED) is 0.497. The molecule has 4 rings (SSSR count). The molecule has 2 fully saturated rings. The molecule has 38 heavy (non-hydrogen) atoms. The molecular formula is C25H34F3N7O3. The Kier molecular flexibility index (Phi) is 8.90. The van der Waals surface area contributed by atoms with Crippen molar-refractivity contribution < 1.29 is 22.7 Å². The summed E-state index contributed by atoms with van der Waals surface area (Å²) >= 11 is 0. The molecule has 0 unspecified atom stereocenters. The summed E-state index contributed by atoms with van der Waals surface area (Å²) in [5, 5.41) is 5.74. The molecule has 0 bridgehead atoms. The van der Waals surface area contributed by atoms with Crippen LogP contribution in [0.4, 0.5) is 23.8 Å². The molecule has 10 nitrogen and oxygen atoms in total. The molecule has 0 radical (unpaired) electrons. The molecule has 2 heterocycles. The number of carbonyl (C=O) groups is 1. The SMILES string of the molecule is CCN(Cc1ccc(-n2ccc(NC(=O)N3CCNCC3)nc2=O)cc1OC(F)(F)F)[C@H]1CC[C@H](N)CC1. The lowest BCUT2D eigenvalue weighted by atomic mass is 9.90. The smallest absolute Gasteiger partial charge is 0.405 e. The number of ether oxygens (including phenoxy) is 1. The zero-order valence-electron chi connectivity index (χ0n) is 21.3. The van der Waals surface area contributed by atoms with Crippen molar-refractivity contribution in [1.29, 1.82) is 0 Å². The van der Waals surface area contributed by atoms with Gasteiger partial charge in [0.25, 0.3) is 0 Å². The van der Waals surface area contributed by atoms with E-state index >= 15 is 0 Å². The lowest BCUT2D eigenvalue weighted by molar-refractivity contribution is -0.275. The summed E-state index contributed by atoms with van der Waals surface area (Å²) in [6, 6.07) is 5.74. The maximum atomic E-state index is 13.3. The second-order valence-corrected chi connectivity index (χ2v) is 9.60. The fourth-order valence-corrected chi connectivity index (χ4v) is 4.95. The van der Waals surface area contributed by atoms with Gasteiger partial charge in [0.15, 0.2) is 0 Å². The number of alkyl halides is 3. The third kappa shape index (κ3) is 7.23. The van der Waals surface area contributed by atoms with Crippen molar-refractivity contribution in [3.63, 3.8) is 0 Å². The standard InChI is InChI=1S/C25H34F3N7O3/c1-2-33(19-7-4-18(29)5-8-19)16-17-3-6-20(15-21(17)38-25(26,27)28)35-12-9-22(32-24(35)37)31-23(36)34-13-10-30-11-14-34/h3,6,9,12,15,18-19,30H,2,4-5,7-8,10-11,13-14,16,29H2,1H3,(H,31,32,36,37)/t18-,19-. The van der Waals surface area contributed by atoms with Gasteiger partial charge in [0.2, 0.25) is 0 Å². The van der Waals surface area contributed by atoms with E-state index in [2.05, 4.69) is 25.3 Å². The minimum Gasteiger partial charge on any atom is -0.405 e. The Labute approximate surface area is 218 Å². The highest BCUT2D eigenvalue weighted by Crippen LogP contribution is 2.31. The molecule has 1 aromatic carbocycles. The largest absolute Gasteiger partial charge is 0.573 e. The number of nitrogens with two attached hydrogens (primary N) is 1. The number of amides is 2. The molecule has 1 saturated heterocycles. The number of rotatable bonds is 7. The van der Waals surface area contributed by atoms with Crippen LogP contribution in [0.15, 0.2) is 35.3 Å². The minimum absolute atomic E-state index is 0.0592. The topological polar surface area (TPSA) is 118 Å². The number of halogens is 3. The maximum absolute atomic E-state index is 13.3. The number of piperazine rings is 1. The number of benzene rings is 1. The number of urea groups is 1. The molecule has 2 aliphatic rings. The number of hydrogen-bond donors (Lipinski definition) is 3. The van der Waals surface area contributed by atoms with E-state index < -0.39 is 12.1 Å². The van der Waals surface area contributed by atoms with Gasteiger partial charge in [-0.3, -0.25) is 14.8 Å². The Balaban J connectivity index is 1.54. The Morgan fingerprint density at radius 2 is 1.92 bits per heavy atom. The summed E-state index contributed by atoms with van der Waals surface area (Å²) in [5.41, 5.74) is 5.80. The Hall–Kier alpha value is -3.16. The van der Waals surface area contributed by atoms with Crippen molar-refractivity contribution in [2.45, 2.75) is 57.6 Å². The number of nitrogens with one attached hydrogen (secondary N) is 2. The number of carbonyl (C=O) groups excluding carboxylic acids is 1. The van der Waals surface area contributed by atoms with Crippen LogP contribution in [0.1, 0.15) is 38.2 Å². The van der Waals surface area contributed by atoms with Gasteiger partial charge in [-0.2, -0.15) is 4.98 Å².